The van der Waals surface area contributed by atoms with E-state index in [1.54, 1.807) is 18.3 Å². The SMILES string of the molecule is NC(=O)c1ccc(C2Cc3cc(F)ccc3N2)cn1. The van der Waals surface area contributed by atoms with Gasteiger partial charge in [0.1, 0.15) is 11.5 Å². The van der Waals surface area contributed by atoms with Crippen LogP contribution in [-0.2, 0) is 6.42 Å². The van der Waals surface area contributed by atoms with Crippen LogP contribution in [-0.4, -0.2) is 10.9 Å². The molecule has 0 fully saturated rings. The van der Waals surface area contributed by atoms with Gasteiger partial charge < -0.3 is 11.1 Å². The Balaban J connectivity index is 1.84. The summed E-state index contributed by atoms with van der Waals surface area (Å²) in [6, 6.07) is 8.16. The van der Waals surface area contributed by atoms with Gasteiger partial charge in [-0.15, -0.1) is 0 Å². The molecule has 3 rings (SSSR count). The molecule has 4 nitrogen and oxygen atoms in total. The van der Waals surface area contributed by atoms with E-state index in [1.165, 1.54) is 12.1 Å². The highest BCUT2D eigenvalue weighted by Gasteiger charge is 2.22. The van der Waals surface area contributed by atoms with Crippen molar-refractivity contribution in [3.8, 4) is 0 Å². The van der Waals surface area contributed by atoms with Crippen LogP contribution in [0.2, 0.25) is 0 Å². The van der Waals surface area contributed by atoms with Crippen molar-refractivity contribution in [2.45, 2.75) is 12.5 Å². The minimum Gasteiger partial charge on any atom is -0.378 e. The van der Waals surface area contributed by atoms with E-state index in [1.807, 2.05) is 6.07 Å². The lowest BCUT2D eigenvalue weighted by molar-refractivity contribution is 0.0995. The second-order valence-electron chi connectivity index (χ2n) is 4.54. The van der Waals surface area contributed by atoms with E-state index in [0.29, 0.717) is 6.42 Å². The minimum absolute atomic E-state index is 0.0474. The van der Waals surface area contributed by atoms with Crippen LogP contribution >= 0.6 is 0 Å². The van der Waals surface area contributed by atoms with Gasteiger partial charge in [-0.25, -0.2) is 4.39 Å². The van der Waals surface area contributed by atoms with Gasteiger partial charge in [-0.2, -0.15) is 0 Å². The molecule has 0 radical (unpaired) electrons. The number of nitrogens with zero attached hydrogens (tertiary/aromatic N) is 1. The fourth-order valence-corrected chi connectivity index (χ4v) is 2.29. The maximum absolute atomic E-state index is 13.1. The van der Waals surface area contributed by atoms with Crippen LogP contribution in [0.25, 0.3) is 0 Å². The minimum atomic E-state index is -0.545. The number of halogens is 1. The number of nitrogens with one attached hydrogen (secondary N) is 1. The molecule has 96 valence electrons. The topological polar surface area (TPSA) is 68.0 Å². The highest BCUT2D eigenvalue weighted by atomic mass is 19.1. The van der Waals surface area contributed by atoms with E-state index in [-0.39, 0.29) is 17.6 Å². The number of carbonyl (C=O) groups excluding carboxylic acids is 1. The van der Waals surface area contributed by atoms with E-state index < -0.39 is 5.91 Å². The fourth-order valence-electron chi connectivity index (χ4n) is 2.29. The first-order valence-electron chi connectivity index (χ1n) is 5.94. The van der Waals surface area contributed by atoms with Gasteiger partial charge in [0.25, 0.3) is 5.91 Å². The summed E-state index contributed by atoms with van der Waals surface area (Å²) in [5.74, 6) is -0.778. The van der Waals surface area contributed by atoms with Crippen LogP contribution in [0.1, 0.15) is 27.7 Å². The summed E-state index contributed by atoms with van der Waals surface area (Å²) in [6.45, 7) is 0. The highest BCUT2D eigenvalue weighted by Crippen LogP contribution is 2.34. The van der Waals surface area contributed by atoms with Crippen LogP contribution < -0.4 is 11.1 Å². The third-order valence-corrected chi connectivity index (χ3v) is 3.26. The van der Waals surface area contributed by atoms with Crippen LogP contribution in [0.4, 0.5) is 10.1 Å². The molecule has 0 saturated carbocycles. The molecule has 1 atom stereocenters. The highest BCUT2D eigenvalue weighted by molar-refractivity contribution is 5.90. The Labute approximate surface area is 109 Å². The summed E-state index contributed by atoms with van der Waals surface area (Å²) < 4.78 is 13.1. The number of rotatable bonds is 2. The molecular formula is C14H12FN3O. The molecule has 1 unspecified atom stereocenters. The molecule has 0 bridgehead atoms. The van der Waals surface area contributed by atoms with Crippen LogP contribution in [0, 0.1) is 5.82 Å². The predicted octanol–water partition coefficient (Wildman–Crippen LogP) is 2.03. The van der Waals surface area contributed by atoms with E-state index in [9.17, 15) is 9.18 Å². The monoisotopic (exact) mass is 257 g/mol. The lowest BCUT2D eigenvalue weighted by Crippen LogP contribution is -2.14. The molecule has 1 aliphatic heterocycles. The summed E-state index contributed by atoms with van der Waals surface area (Å²) in [5.41, 5.74) is 8.21. The van der Waals surface area contributed by atoms with Crippen LogP contribution in [0.3, 0.4) is 0 Å². The molecular weight excluding hydrogens is 245 g/mol. The largest absolute Gasteiger partial charge is 0.378 e. The number of benzene rings is 1. The van der Waals surface area contributed by atoms with Gasteiger partial charge in [-0.1, -0.05) is 6.07 Å². The van der Waals surface area contributed by atoms with Gasteiger partial charge in [0, 0.05) is 11.9 Å². The Morgan fingerprint density at radius 1 is 1.37 bits per heavy atom. The average Bonchev–Trinajstić information content (AvgIpc) is 2.81. The van der Waals surface area contributed by atoms with Gasteiger partial charge in [-0.05, 0) is 41.8 Å². The van der Waals surface area contributed by atoms with Gasteiger partial charge >= 0.3 is 0 Å². The number of nitrogens with two attached hydrogens (primary N) is 1. The normalized spacial score (nSPS) is 16.8. The van der Waals surface area contributed by atoms with Crippen LogP contribution in [0.15, 0.2) is 36.5 Å². The zero-order chi connectivity index (χ0) is 13.4. The van der Waals surface area contributed by atoms with E-state index in [4.69, 9.17) is 5.73 Å². The number of carbonyl (C=O) groups is 1. The molecule has 1 amide bonds. The summed E-state index contributed by atoms with van der Waals surface area (Å²) in [6.07, 6.45) is 2.32. The molecule has 0 aliphatic carbocycles. The smallest absolute Gasteiger partial charge is 0.267 e. The molecule has 3 N–H and O–H groups in total. The zero-order valence-electron chi connectivity index (χ0n) is 10.1. The first kappa shape index (κ1) is 11.6. The number of aromatic nitrogens is 1. The number of anilines is 1. The van der Waals surface area contributed by atoms with Crippen molar-refractivity contribution in [3.05, 3.63) is 59.2 Å². The number of fused-ring (bicyclic) bond motifs is 1. The van der Waals surface area contributed by atoms with Crippen molar-refractivity contribution in [2.24, 2.45) is 5.73 Å². The predicted molar refractivity (Wildman–Crippen MR) is 69.2 cm³/mol. The lowest BCUT2D eigenvalue weighted by atomic mass is 10.0. The first-order chi connectivity index (χ1) is 9.13. The Hall–Kier alpha value is -2.43. The van der Waals surface area contributed by atoms with Crippen molar-refractivity contribution in [1.82, 2.24) is 4.98 Å². The van der Waals surface area contributed by atoms with Gasteiger partial charge in [0.05, 0.1) is 6.04 Å². The maximum atomic E-state index is 13.1. The van der Waals surface area contributed by atoms with Gasteiger partial charge in [0.2, 0.25) is 0 Å². The van der Waals surface area contributed by atoms with Crippen molar-refractivity contribution in [2.75, 3.05) is 5.32 Å². The molecule has 2 heterocycles. The van der Waals surface area contributed by atoms with E-state index in [2.05, 4.69) is 10.3 Å². The van der Waals surface area contributed by atoms with Crippen molar-refractivity contribution >= 4 is 11.6 Å². The molecule has 0 spiro atoms. The third kappa shape index (κ3) is 2.14. The summed E-state index contributed by atoms with van der Waals surface area (Å²) >= 11 is 0. The van der Waals surface area contributed by atoms with Crippen LogP contribution in [0.5, 0.6) is 0 Å². The number of hydrogen-bond acceptors (Lipinski definition) is 3. The summed E-state index contributed by atoms with van der Waals surface area (Å²) in [5, 5.41) is 3.30. The molecule has 1 aromatic carbocycles. The van der Waals surface area contributed by atoms with E-state index >= 15 is 0 Å². The molecule has 1 aliphatic rings. The first-order valence-corrected chi connectivity index (χ1v) is 5.94. The Kier molecular flexibility index (Phi) is 2.67. The fraction of sp³-hybridized carbons (Fsp3) is 0.143. The maximum Gasteiger partial charge on any atom is 0.267 e. The molecule has 0 saturated heterocycles. The van der Waals surface area contributed by atoms with Gasteiger partial charge in [0.15, 0.2) is 0 Å². The summed E-state index contributed by atoms with van der Waals surface area (Å²) in [4.78, 5) is 15.0. The lowest BCUT2D eigenvalue weighted by Gasteiger charge is -2.11. The number of pyridine rings is 1. The van der Waals surface area contributed by atoms with E-state index in [0.717, 1.165) is 16.8 Å². The number of hydrogen-bond donors (Lipinski definition) is 2. The second kappa shape index (κ2) is 4.35. The Morgan fingerprint density at radius 3 is 2.89 bits per heavy atom. The van der Waals surface area contributed by atoms with Gasteiger partial charge in [-0.3, -0.25) is 9.78 Å². The van der Waals surface area contributed by atoms with Crippen molar-refractivity contribution in [1.29, 1.82) is 0 Å². The summed E-state index contributed by atoms with van der Waals surface area (Å²) in [7, 11) is 0. The third-order valence-electron chi connectivity index (χ3n) is 3.26. The second-order valence-corrected chi connectivity index (χ2v) is 4.54. The molecule has 19 heavy (non-hydrogen) atoms. The molecule has 2 aromatic rings. The molecule has 1 aromatic heterocycles. The number of amides is 1. The van der Waals surface area contributed by atoms with Crippen molar-refractivity contribution in [3.63, 3.8) is 0 Å². The Morgan fingerprint density at radius 2 is 2.21 bits per heavy atom. The zero-order valence-corrected chi connectivity index (χ0v) is 10.1. The number of primary amides is 1. The molecule has 5 heteroatoms. The van der Waals surface area contributed by atoms with Crippen molar-refractivity contribution < 1.29 is 9.18 Å². The average molecular weight is 257 g/mol. The quantitative estimate of drug-likeness (QED) is 0.865. The standard InChI is InChI=1S/C14H12FN3O/c15-10-2-4-11-9(5-10)6-13(18-11)8-1-3-12(14(16)19)17-7-8/h1-5,7,13,18H,6H2,(H2,16,19). The Bertz CT molecular complexity index is 640.